The van der Waals surface area contributed by atoms with E-state index in [1.165, 1.54) is 64.2 Å². The third kappa shape index (κ3) is 17.3. The molecule has 0 radical (unpaired) electrons. The lowest BCUT2D eigenvalue weighted by Crippen LogP contribution is -2.11. The maximum atomic E-state index is 11.6. The zero-order valence-electron chi connectivity index (χ0n) is 15.5. The molecule has 0 fully saturated rings. The predicted octanol–water partition coefficient (Wildman–Crippen LogP) is 6.34. The van der Waals surface area contributed by atoms with E-state index in [2.05, 4.69) is 13.8 Å². The van der Waals surface area contributed by atoms with Gasteiger partial charge in [0, 0.05) is 12.8 Å². The largest absolute Gasteiger partial charge is 0.393 e. The van der Waals surface area contributed by atoms with Crippen molar-refractivity contribution in [1.82, 2.24) is 0 Å². The van der Waals surface area contributed by atoms with Gasteiger partial charge in [0.25, 0.3) is 0 Å². The summed E-state index contributed by atoms with van der Waals surface area (Å²) in [6.07, 6.45) is 17.2. The smallest absolute Gasteiger partial charge is 0.313 e. The summed E-state index contributed by atoms with van der Waals surface area (Å²) in [4.78, 5) is 23.1. The van der Waals surface area contributed by atoms with Crippen LogP contribution in [0.2, 0.25) is 0 Å². The van der Waals surface area contributed by atoms with Crippen LogP contribution in [0.25, 0.3) is 0 Å². The van der Waals surface area contributed by atoms with Crippen LogP contribution in [0.4, 0.5) is 0 Å². The van der Waals surface area contributed by atoms with Crippen molar-refractivity contribution in [3.05, 3.63) is 0 Å². The van der Waals surface area contributed by atoms with Gasteiger partial charge >= 0.3 is 11.9 Å². The first kappa shape index (κ1) is 22.1. The molecule has 0 atom stereocenters. The minimum atomic E-state index is -0.343. The second-order valence-electron chi connectivity index (χ2n) is 6.59. The van der Waals surface area contributed by atoms with Crippen molar-refractivity contribution in [3.8, 4) is 0 Å². The predicted molar refractivity (Wildman–Crippen MR) is 96.3 cm³/mol. The molecular weight excluding hydrogens is 288 g/mol. The first-order valence-corrected chi connectivity index (χ1v) is 9.94. The lowest BCUT2D eigenvalue weighted by Gasteiger charge is -2.04. The molecule has 0 aliphatic heterocycles. The summed E-state index contributed by atoms with van der Waals surface area (Å²) in [7, 11) is 0. The molecule has 0 aliphatic carbocycles. The molecule has 0 aromatic carbocycles. The number of unbranched alkanes of at least 4 members (excludes halogenated alkanes) is 12. The highest BCUT2D eigenvalue weighted by molar-refractivity contribution is 5.85. The summed E-state index contributed by atoms with van der Waals surface area (Å²) < 4.78 is 4.86. The van der Waals surface area contributed by atoms with Gasteiger partial charge in [-0.25, -0.2) is 0 Å². The summed E-state index contributed by atoms with van der Waals surface area (Å²) in [5.74, 6) is -0.683. The van der Waals surface area contributed by atoms with Crippen molar-refractivity contribution in [2.45, 2.75) is 117 Å². The highest BCUT2D eigenvalue weighted by atomic mass is 16.6. The first-order valence-electron chi connectivity index (χ1n) is 9.94. The van der Waals surface area contributed by atoms with Gasteiger partial charge in [-0.05, 0) is 12.8 Å². The lowest BCUT2D eigenvalue weighted by atomic mass is 10.1. The van der Waals surface area contributed by atoms with Gasteiger partial charge in [0.15, 0.2) is 0 Å². The Morgan fingerprint density at radius 2 is 0.826 bits per heavy atom. The minimum absolute atomic E-state index is 0.341. The molecule has 0 heterocycles. The average molecular weight is 327 g/mol. The number of esters is 2. The first-order chi connectivity index (χ1) is 11.2. The normalized spacial score (nSPS) is 10.7. The summed E-state index contributed by atoms with van der Waals surface area (Å²) in [6, 6.07) is 0. The second kappa shape index (κ2) is 17.5. The molecule has 0 aliphatic rings. The van der Waals surface area contributed by atoms with Gasteiger partial charge in [-0.15, -0.1) is 0 Å². The fourth-order valence-corrected chi connectivity index (χ4v) is 2.68. The van der Waals surface area contributed by atoms with Gasteiger partial charge in [-0.1, -0.05) is 90.9 Å². The Bertz CT molecular complexity index is 287. The van der Waals surface area contributed by atoms with Gasteiger partial charge < -0.3 is 4.74 Å². The van der Waals surface area contributed by atoms with E-state index >= 15 is 0 Å². The van der Waals surface area contributed by atoms with Gasteiger partial charge in [0.1, 0.15) is 0 Å². The number of rotatable bonds is 16. The number of carbonyl (C=O) groups excluding carboxylic acids is 2. The highest BCUT2D eigenvalue weighted by Gasteiger charge is 2.09. The standard InChI is InChI=1S/C20H38O3/c1-3-5-7-9-11-12-14-16-18-20(22)23-19(21)17-15-13-10-8-6-4-2/h3-18H2,1-2H3. The monoisotopic (exact) mass is 326 g/mol. The number of hydrogen-bond donors (Lipinski definition) is 0. The van der Waals surface area contributed by atoms with Crippen LogP contribution in [-0.4, -0.2) is 11.9 Å². The van der Waals surface area contributed by atoms with Crippen LogP contribution in [0, 0.1) is 0 Å². The molecule has 3 nitrogen and oxygen atoms in total. The zero-order chi connectivity index (χ0) is 17.2. The zero-order valence-corrected chi connectivity index (χ0v) is 15.5. The van der Waals surface area contributed by atoms with Crippen LogP contribution in [0.5, 0.6) is 0 Å². The maximum absolute atomic E-state index is 11.6. The van der Waals surface area contributed by atoms with E-state index in [1.807, 2.05) is 0 Å². The van der Waals surface area contributed by atoms with E-state index < -0.39 is 0 Å². The van der Waals surface area contributed by atoms with E-state index in [0.717, 1.165) is 25.7 Å². The molecule has 0 amide bonds. The molecule has 0 spiro atoms. The Hall–Kier alpha value is -0.860. The molecular formula is C20H38O3. The van der Waals surface area contributed by atoms with Crippen molar-refractivity contribution in [3.63, 3.8) is 0 Å². The summed E-state index contributed by atoms with van der Waals surface area (Å²) in [5, 5.41) is 0. The van der Waals surface area contributed by atoms with Crippen molar-refractivity contribution in [2.75, 3.05) is 0 Å². The molecule has 0 saturated heterocycles. The van der Waals surface area contributed by atoms with Crippen molar-refractivity contribution in [2.24, 2.45) is 0 Å². The third-order valence-corrected chi connectivity index (χ3v) is 4.20. The Morgan fingerprint density at radius 1 is 0.522 bits per heavy atom. The van der Waals surface area contributed by atoms with Crippen molar-refractivity contribution < 1.29 is 14.3 Å². The Morgan fingerprint density at radius 3 is 1.17 bits per heavy atom. The van der Waals surface area contributed by atoms with E-state index in [-0.39, 0.29) is 11.9 Å². The van der Waals surface area contributed by atoms with Crippen LogP contribution < -0.4 is 0 Å². The van der Waals surface area contributed by atoms with Crippen molar-refractivity contribution in [1.29, 1.82) is 0 Å². The molecule has 0 aromatic rings. The second-order valence-corrected chi connectivity index (χ2v) is 6.59. The van der Waals surface area contributed by atoms with Gasteiger partial charge in [-0.3, -0.25) is 9.59 Å². The fraction of sp³-hybridized carbons (Fsp3) is 0.900. The van der Waals surface area contributed by atoms with Crippen LogP contribution in [0.15, 0.2) is 0 Å². The highest BCUT2D eigenvalue weighted by Crippen LogP contribution is 2.11. The van der Waals surface area contributed by atoms with Gasteiger partial charge in [0.05, 0.1) is 0 Å². The Balaban J connectivity index is 3.35. The molecule has 23 heavy (non-hydrogen) atoms. The topological polar surface area (TPSA) is 43.4 Å². The molecule has 0 unspecified atom stereocenters. The molecule has 0 bridgehead atoms. The summed E-state index contributed by atoms with van der Waals surface area (Å²) in [6.45, 7) is 4.41. The Labute approximate surface area is 143 Å². The average Bonchev–Trinajstić information content (AvgIpc) is 2.53. The van der Waals surface area contributed by atoms with Crippen LogP contribution in [0.1, 0.15) is 117 Å². The molecule has 136 valence electrons. The third-order valence-electron chi connectivity index (χ3n) is 4.20. The van der Waals surface area contributed by atoms with E-state index in [1.54, 1.807) is 0 Å². The fourth-order valence-electron chi connectivity index (χ4n) is 2.68. The van der Waals surface area contributed by atoms with Crippen LogP contribution in [-0.2, 0) is 14.3 Å². The molecule has 0 N–H and O–H groups in total. The summed E-state index contributed by atoms with van der Waals surface area (Å²) in [5.41, 5.74) is 0. The van der Waals surface area contributed by atoms with Crippen LogP contribution in [0.3, 0.4) is 0 Å². The number of ether oxygens (including phenoxy) is 1. The maximum Gasteiger partial charge on any atom is 0.313 e. The molecule has 3 heteroatoms. The molecule has 0 aromatic heterocycles. The summed E-state index contributed by atoms with van der Waals surface area (Å²) >= 11 is 0. The lowest BCUT2D eigenvalue weighted by molar-refractivity contribution is -0.159. The van der Waals surface area contributed by atoms with E-state index in [0.29, 0.717) is 12.8 Å². The Kier molecular flexibility index (Phi) is 16.8. The van der Waals surface area contributed by atoms with Gasteiger partial charge in [0.2, 0.25) is 0 Å². The van der Waals surface area contributed by atoms with Gasteiger partial charge in [-0.2, -0.15) is 0 Å². The quantitative estimate of drug-likeness (QED) is 0.189. The van der Waals surface area contributed by atoms with Crippen molar-refractivity contribution >= 4 is 11.9 Å². The molecule has 0 rings (SSSR count). The number of hydrogen-bond acceptors (Lipinski definition) is 3. The minimum Gasteiger partial charge on any atom is -0.393 e. The SMILES string of the molecule is CCCCCCCCCCC(=O)OC(=O)CCCCCCCC. The number of carbonyl (C=O) groups is 2. The van der Waals surface area contributed by atoms with E-state index in [4.69, 9.17) is 4.74 Å². The molecule has 0 saturated carbocycles. The van der Waals surface area contributed by atoms with Crippen LogP contribution >= 0.6 is 0 Å². The van der Waals surface area contributed by atoms with E-state index in [9.17, 15) is 9.59 Å².